The van der Waals surface area contributed by atoms with E-state index >= 15 is 0 Å². The van der Waals surface area contributed by atoms with Gasteiger partial charge < -0.3 is 9.84 Å². The lowest BCUT2D eigenvalue weighted by atomic mass is 9.94. The van der Waals surface area contributed by atoms with Crippen molar-refractivity contribution in [2.45, 2.75) is 44.6 Å². The van der Waals surface area contributed by atoms with Gasteiger partial charge in [-0.05, 0) is 43.5 Å². The molecule has 4 heteroatoms. The SMILES string of the molecule is OCCN(CCCOc1ccc(F)cc1)C1CCCCC1. The minimum atomic E-state index is -0.242. The maximum Gasteiger partial charge on any atom is 0.123 e. The summed E-state index contributed by atoms with van der Waals surface area (Å²) in [5.41, 5.74) is 0. The van der Waals surface area contributed by atoms with E-state index in [2.05, 4.69) is 4.90 Å². The van der Waals surface area contributed by atoms with Gasteiger partial charge in [0.1, 0.15) is 11.6 Å². The normalized spacial score (nSPS) is 16.3. The van der Waals surface area contributed by atoms with Crippen LogP contribution in [0.15, 0.2) is 24.3 Å². The summed E-state index contributed by atoms with van der Waals surface area (Å²) in [6, 6.07) is 6.76. The molecule has 3 nitrogen and oxygen atoms in total. The molecule has 0 radical (unpaired) electrons. The topological polar surface area (TPSA) is 32.7 Å². The highest BCUT2D eigenvalue weighted by atomic mass is 19.1. The molecule has 118 valence electrons. The zero-order valence-corrected chi connectivity index (χ0v) is 12.6. The standard InChI is InChI=1S/C17H26FNO2/c18-15-7-9-17(10-8-15)21-14-4-11-19(12-13-20)16-5-2-1-3-6-16/h7-10,16,20H,1-6,11-14H2. The number of aliphatic hydroxyl groups excluding tert-OH is 1. The monoisotopic (exact) mass is 295 g/mol. The van der Waals surface area contributed by atoms with E-state index in [0.29, 0.717) is 18.4 Å². The molecule has 1 aliphatic rings. The molecule has 1 aromatic carbocycles. The molecule has 1 aliphatic carbocycles. The van der Waals surface area contributed by atoms with Gasteiger partial charge in [-0.1, -0.05) is 19.3 Å². The molecule has 0 heterocycles. The molecule has 1 saturated carbocycles. The van der Waals surface area contributed by atoms with Crippen LogP contribution in [0.4, 0.5) is 4.39 Å². The summed E-state index contributed by atoms with van der Waals surface area (Å²) < 4.78 is 18.4. The Kier molecular flexibility index (Phi) is 6.96. The van der Waals surface area contributed by atoms with Crippen molar-refractivity contribution in [1.29, 1.82) is 0 Å². The molecule has 0 aromatic heterocycles. The molecular weight excluding hydrogens is 269 g/mol. The van der Waals surface area contributed by atoms with Crippen molar-refractivity contribution >= 4 is 0 Å². The summed E-state index contributed by atoms with van der Waals surface area (Å²) in [5.74, 6) is 0.469. The van der Waals surface area contributed by atoms with Gasteiger partial charge in [0.05, 0.1) is 13.2 Å². The van der Waals surface area contributed by atoms with Crippen LogP contribution in [0, 0.1) is 5.82 Å². The number of benzene rings is 1. The van der Waals surface area contributed by atoms with E-state index in [1.165, 1.54) is 44.2 Å². The van der Waals surface area contributed by atoms with Crippen LogP contribution in [0.25, 0.3) is 0 Å². The lowest BCUT2D eigenvalue weighted by Crippen LogP contribution is -2.39. The number of aliphatic hydroxyl groups is 1. The molecular formula is C17H26FNO2. The smallest absolute Gasteiger partial charge is 0.123 e. The van der Waals surface area contributed by atoms with Gasteiger partial charge in [0, 0.05) is 19.1 Å². The first-order chi connectivity index (χ1) is 10.3. The molecule has 1 N–H and O–H groups in total. The van der Waals surface area contributed by atoms with Crippen LogP contribution in [0.5, 0.6) is 5.75 Å². The summed E-state index contributed by atoms with van der Waals surface area (Å²) in [6.45, 7) is 2.54. The number of halogens is 1. The van der Waals surface area contributed by atoms with Crippen LogP contribution in [0.3, 0.4) is 0 Å². The molecule has 0 aliphatic heterocycles. The summed E-state index contributed by atoms with van der Waals surface area (Å²) in [7, 11) is 0. The van der Waals surface area contributed by atoms with Gasteiger partial charge >= 0.3 is 0 Å². The Morgan fingerprint density at radius 3 is 2.48 bits per heavy atom. The summed E-state index contributed by atoms with van der Waals surface area (Å²) >= 11 is 0. The molecule has 0 saturated heterocycles. The van der Waals surface area contributed by atoms with Gasteiger partial charge in [-0.15, -0.1) is 0 Å². The minimum Gasteiger partial charge on any atom is -0.494 e. The van der Waals surface area contributed by atoms with Crippen LogP contribution >= 0.6 is 0 Å². The number of rotatable bonds is 8. The fourth-order valence-electron chi connectivity index (χ4n) is 3.04. The predicted octanol–water partition coefficient (Wildman–Crippen LogP) is 3.22. The van der Waals surface area contributed by atoms with Crippen LogP contribution in [0.2, 0.25) is 0 Å². The maximum absolute atomic E-state index is 12.8. The zero-order valence-electron chi connectivity index (χ0n) is 12.6. The number of hydrogen-bond donors (Lipinski definition) is 1. The van der Waals surface area contributed by atoms with Gasteiger partial charge in [0.2, 0.25) is 0 Å². The summed E-state index contributed by atoms with van der Waals surface area (Å²) in [4.78, 5) is 2.40. The van der Waals surface area contributed by atoms with Crippen molar-refractivity contribution in [3.8, 4) is 5.75 Å². The van der Waals surface area contributed by atoms with E-state index in [1.807, 2.05) is 0 Å². The minimum absolute atomic E-state index is 0.218. The molecule has 0 atom stereocenters. The predicted molar refractivity (Wildman–Crippen MR) is 82.0 cm³/mol. The van der Waals surface area contributed by atoms with Gasteiger partial charge in [0.15, 0.2) is 0 Å². The molecule has 2 rings (SSSR count). The Bertz CT molecular complexity index is 390. The van der Waals surface area contributed by atoms with Crippen molar-refractivity contribution in [3.05, 3.63) is 30.1 Å². The molecule has 0 amide bonds. The van der Waals surface area contributed by atoms with E-state index in [0.717, 1.165) is 19.5 Å². The first-order valence-electron chi connectivity index (χ1n) is 8.03. The number of ether oxygens (including phenoxy) is 1. The number of hydrogen-bond acceptors (Lipinski definition) is 3. The lowest BCUT2D eigenvalue weighted by molar-refractivity contribution is 0.116. The Balaban J connectivity index is 1.70. The average Bonchev–Trinajstić information content (AvgIpc) is 2.53. The summed E-state index contributed by atoms with van der Waals surface area (Å²) in [6.07, 6.45) is 7.38. The molecule has 1 aromatic rings. The van der Waals surface area contributed by atoms with Crippen molar-refractivity contribution in [2.75, 3.05) is 26.3 Å². The van der Waals surface area contributed by atoms with Crippen molar-refractivity contribution in [3.63, 3.8) is 0 Å². The van der Waals surface area contributed by atoms with E-state index in [-0.39, 0.29) is 12.4 Å². The highest BCUT2D eigenvalue weighted by molar-refractivity contribution is 5.21. The first kappa shape index (κ1) is 16.2. The molecule has 1 fully saturated rings. The second-order valence-electron chi connectivity index (χ2n) is 5.71. The molecule has 21 heavy (non-hydrogen) atoms. The van der Waals surface area contributed by atoms with Crippen LogP contribution in [-0.2, 0) is 0 Å². The van der Waals surface area contributed by atoms with Gasteiger partial charge in [-0.2, -0.15) is 0 Å². The molecule has 0 spiro atoms. The molecule has 0 unspecified atom stereocenters. The van der Waals surface area contributed by atoms with Gasteiger partial charge in [-0.3, -0.25) is 4.90 Å². The third-order valence-electron chi connectivity index (χ3n) is 4.15. The zero-order chi connectivity index (χ0) is 14.9. The van der Waals surface area contributed by atoms with Gasteiger partial charge in [0.25, 0.3) is 0 Å². The van der Waals surface area contributed by atoms with E-state index in [4.69, 9.17) is 4.74 Å². The van der Waals surface area contributed by atoms with Crippen molar-refractivity contribution < 1.29 is 14.2 Å². The summed E-state index contributed by atoms with van der Waals surface area (Å²) in [5, 5.41) is 9.22. The number of nitrogens with zero attached hydrogens (tertiary/aromatic N) is 1. The lowest BCUT2D eigenvalue weighted by Gasteiger charge is -2.33. The van der Waals surface area contributed by atoms with Gasteiger partial charge in [-0.25, -0.2) is 4.39 Å². The second kappa shape index (κ2) is 9.00. The quantitative estimate of drug-likeness (QED) is 0.747. The van der Waals surface area contributed by atoms with E-state index in [1.54, 1.807) is 12.1 Å². The fourth-order valence-corrected chi connectivity index (χ4v) is 3.04. The van der Waals surface area contributed by atoms with E-state index < -0.39 is 0 Å². The third kappa shape index (κ3) is 5.64. The Morgan fingerprint density at radius 2 is 1.81 bits per heavy atom. The highest BCUT2D eigenvalue weighted by Crippen LogP contribution is 2.22. The molecule has 0 bridgehead atoms. The third-order valence-corrected chi connectivity index (χ3v) is 4.15. The Morgan fingerprint density at radius 1 is 1.10 bits per heavy atom. The largest absolute Gasteiger partial charge is 0.494 e. The van der Waals surface area contributed by atoms with Crippen molar-refractivity contribution in [1.82, 2.24) is 4.90 Å². The Hall–Kier alpha value is -1.13. The van der Waals surface area contributed by atoms with E-state index in [9.17, 15) is 9.50 Å². The fraction of sp³-hybridized carbons (Fsp3) is 0.647. The maximum atomic E-state index is 12.8. The highest BCUT2D eigenvalue weighted by Gasteiger charge is 2.20. The second-order valence-corrected chi connectivity index (χ2v) is 5.71. The average molecular weight is 295 g/mol. The van der Waals surface area contributed by atoms with Crippen LogP contribution < -0.4 is 4.74 Å². The Labute approximate surface area is 126 Å². The van der Waals surface area contributed by atoms with Crippen LogP contribution in [0.1, 0.15) is 38.5 Å². The van der Waals surface area contributed by atoms with Crippen molar-refractivity contribution in [2.24, 2.45) is 0 Å². The first-order valence-corrected chi connectivity index (χ1v) is 8.03. The van der Waals surface area contributed by atoms with Crippen LogP contribution in [-0.4, -0.2) is 42.4 Å².